The minimum absolute atomic E-state index is 0.0186. The van der Waals surface area contributed by atoms with Crippen molar-refractivity contribution in [3.05, 3.63) is 83.0 Å². The molecule has 0 aromatic heterocycles. The van der Waals surface area contributed by atoms with E-state index in [4.69, 9.17) is 19.0 Å². The average Bonchev–Trinajstić information content (AvgIpc) is 3.14. The van der Waals surface area contributed by atoms with Crippen LogP contribution in [-0.2, 0) is 19.0 Å². The van der Waals surface area contributed by atoms with Crippen molar-refractivity contribution in [1.82, 2.24) is 14.9 Å². The lowest BCUT2D eigenvalue weighted by atomic mass is 9.94. The summed E-state index contributed by atoms with van der Waals surface area (Å²) in [6, 6.07) is 0.115. The van der Waals surface area contributed by atoms with Gasteiger partial charge in [-0.05, 0) is 41.1 Å². The van der Waals surface area contributed by atoms with E-state index in [9.17, 15) is 0 Å². The zero-order valence-electron chi connectivity index (χ0n) is 19.5. The maximum Gasteiger partial charge on any atom is 0.164 e. The summed E-state index contributed by atoms with van der Waals surface area (Å²) >= 11 is 0. The number of rotatable bonds is 6. The van der Waals surface area contributed by atoms with E-state index >= 15 is 0 Å². The van der Waals surface area contributed by atoms with E-state index in [0.29, 0.717) is 13.3 Å². The molecule has 3 heterocycles. The Kier molecular flexibility index (Phi) is 6.83. The van der Waals surface area contributed by atoms with E-state index in [2.05, 4.69) is 65.6 Å². The van der Waals surface area contributed by atoms with E-state index < -0.39 is 0 Å². The largest absolute Gasteiger partial charge is 0.501 e. The molecule has 2 unspecified atom stereocenters. The second-order valence-electron chi connectivity index (χ2n) is 8.82. The number of nitrogens with zero attached hydrogens (tertiary/aromatic N) is 3. The second kappa shape index (κ2) is 10.1. The molecule has 0 aromatic carbocycles. The number of ether oxygens (including phenoxy) is 3. The standard InChI is InChI=1S/C26H33N3O4/c1-27-10-4-7-24-21(17-28-11-13-31-14-12-28)15-22-16-25(26(24)27)32-19-29(22)33-18-20-5-3-6-23(30-2)9-8-20/h3-5,7-10,15-16,22,26H,6,11-14,17-19H2,1-2H3. The van der Waals surface area contributed by atoms with Crippen LogP contribution in [0.15, 0.2) is 83.0 Å². The molecule has 0 radical (unpaired) electrons. The highest BCUT2D eigenvalue weighted by atomic mass is 16.7. The van der Waals surface area contributed by atoms with Crippen LogP contribution in [0.5, 0.6) is 0 Å². The third-order valence-corrected chi connectivity index (χ3v) is 6.63. The first kappa shape index (κ1) is 22.2. The summed E-state index contributed by atoms with van der Waals surface area (Å²) in [5, 5.41) is 1.94. The van der Waals surface area contributed by atoms with Gasteiger partial charge in [0.15, 0.2) is 6.73 Å². The molecule has 0 amide bonds. The van der Waals surface area contributed by atoms with E-state index in [1.807, 2.05) is 11.1 Å². The van der Waals surface area contributed by atoms with Crippen molar-refractivity contribution in [1.29, 1.82) is 0 Å². The zero-order chi connectivity index (χ0) is 22.6. The molecule has 2 atom stereocenters. The summed E-state index contributed by atoms with van der Waals surface area (Å²) in [4.78, 5) is 11.0. The molecule has 0 N–H and O–H groups in total. The number of likely N-dealkylation sites (N-methyl/N-ethyl adjacent to an activating group) is 1. The minimum Gasteiger partial charge on any atom is -0.501 e. The number of hydrogen-bond acceptors (Lipinski definition) is 7. The van der Waals surface area contributed by atoms with E-state index in [1.165, 1.54) is 11.1 Å². The van der Waals surface area contributed by atoms with E-state index in [0.717, 1.165) is 56.4 Å². The van der Waals surface area contributed by atoms with Gasteiger partial charge >= 0.3 is 0 Å². The summed E-state index contributed by atoms with van der Waals surface area (Å²) in [5.74, 6) is 1.94. The van der Waals surface area contributed by atoms with Crippen LogP contribution in [-0.4, -0.2) is 87.3 Å². The maximum atomic E-state index is 6.25. The van der Waals surface area contributed by atoms with Crippen LogP contribution < -0.4 is 0 Å². The number of hydrogen-bond donors (Lipinski definition) is 0. The van der Waals surface area contributed by atoms with Gasteiger partial charge in [0, 0.05) is 33.1 Å². The van der Waals surface area contributed by atoms with Gasteiger partial charge in [-0.25, -0.2) is 0 Å². The van der Waals surface area contributed by atoms with Crippen LogP contribution in [0.2, 0.25) is 0 Å². The van der Waals surface area contributed by atoms with Crippen molar-refractivity contribution in [3.8, 4) is 0 Å². The fraction of sp³-hybridized carbons (Fsp3) is 0.462. The predicted molar refractivity (Wildman–Crippen MR) is 127 cm³/mol. The molecular weight excluding hydrogens is 418 g/mol. The molecule has 0 saturated carbocycles. The van der Waals surface area contributed by atoms with E-state index in [1.54, 1.807) is 7.11 Å². The average molecular weight is 452 g/mol. The highest BCUT2D eigenvalue weighted by Gasteiger charge is 2.36. The van der Waals surface area contributed by atoms with E-state index in [-0.39, 0.29) is 12.1 Å². The summed E-state index contributed by atoms with van der Waals surface area (Å²) in [7, 11) is 3.82. The molecular formula is C26H33N3O4. The lowest BCUT2D eigenvalue weighted by Gasteiger charge is -2.36. The molecule has 5 rings (SSSR count). The third kappa shape index (κ3) is 5.01. The molecule has 33 heavy (non-hydrogen) atoms. The van der Waals surface area contributed by atoms with Gasteiger partial charge in [0.2, 0.25) is 0 Å². The fourth-order valence-corrected chi connectivity index (χ4v) is 4.77. The summed E-state index contributed by atoms with van der Waals surface area (Å²) in [6.07, 6.45) is 20.1. The van der Waals surface area contributed by atoms with Gasteiger partial charge in [0.25, 0.3) is 0 Å². The highest BCUT2D eigenvalue weighted by Crippen LogP contribution is 2.35. The van der Waals surface area contributed by atoms with Gasteiger partial charge in [0.05, 0.1) is 38.7 Å². The first-order valence-electron chi connectivity index (χ1n) is 11.7. The Morgan fingerprint density at radius 2 is 2.00 bits per heavy atom. The maximum absolute atomic E-state index is 6.25. The normalized spacial score (nSPS) is 27.8. The Bertz CT molecular complexity index is 953. The highest BCUT2D eigenvalue weighted by molar-refractivity contribution is 5.49. The Morgan fingerprint density at radius 1 is 1.12 bits per heavy atom. The molecule has 5 aliphatic rings. The van der Waals surface area contributed by atoms with Crippen molar-refractivity contribution in [2.75, 3.05) is 60.3 Å². The Morgan fingerprint density at radius 3 is 2.85 bits per heavy atom. The first-order valence-corrected chi connectivity index (χ1v) is 11.7. The van der Waals surface area contributed by atoms with Crippen molar-refractivity contribution < 1.29 is 19.0 Å². The number of allylic oxidation sites excluding steroid dienone is 5. The molecule has 0 aromatic rings. The number of methoxy groups -OCH3 is 1. The number of morpholine rings is 1. The molecule has 7 nitrogen and oxygen atoms in total. The van der Waals surface area contributed by atoms with Gasteiger partial charge in [-0.2, -0.15) is 0 Å². The van der Waals surface area contributed by atoms with Gasteiger partial charge in [-0.3, -0.25) is 9.74 Å². The third-order valence-electron chi connectivity index (χ3n) is 6.63. The number of fused-ring (bicyclic) bond motifs is 3. The summed E-state index contributed by atoms with van der Waals surface area (Å²) < 4.78 is 17.2. The Labute approximate surface area is 196 Å². The Hall–Kier alpha value is -2.58. The van der Waals surface area contributed by atoms with Gasteiger partial charge < -0.3 is 19.1 Å². The number of hydroxylamine groups is 2. The molecule has 2 aliphatic carbocycles. The van der Waals surface area contributed by atoms with Crippen LogP contribution in [0.3, 0.4) is 0 Å². The first-order chi connectivity index (χ1) is 16.2. The molecule has 176 valence electrons. The summed E-state index contributed by atoms with van der Waals surface area (Å²) in [5.41, 5.74) is 3.73. The minimum atomic E-state index is 0.0186. The molecule has 3 aliphatic heterocycles. The van der Waals surface area contributed by atoms with Crippen LogP contribution in [0, 0.1) is 0 Å². The lowest BCUT2D eigenvalue weighted by molar-refractivity contribution is -0.211. The monoisotopic (exact) mass is 451 g/mol. The van der Waals surface area contributed by atoms with Crippen LogP contribution in [0.25, 0.3) is 0 Å². The van der Waals surface area contributed by atoms with Gasteiger partial charge in [-0.15, -0.1) is 5.06 Å². The van der Waals surface area contributed by atoms with Gasteiger partial charge in [0.1, 0.15) is 11.8 Å². The predicted octanol–water partition coefficient (Wildman–Crippen LogP) is 2.90. The van der Waals surface area contributed by atoms with Crippen molar-refractivity contribution in [2.24, 2.45) is 0 Å². The smallest absolute Gasteiger partial charge is 0.164 e. The van der Waals surface area contributed by atoms with Crippen molar-refractivity contribution in [2.45, 2.75) is 18.5 Å². The molecule has 7 heteroatoms. The molecule has 1 fully saturated rings. The topological polar surface area (TPSA) is 46.6 Å². The molecule has 1 saturated heterocycles. The van der Waals surface area contributed by atoms with Crippen molar-refractivity contribution >= 4 is 0 Å². The SMILES string of the molecule is COC1=CC=C(CON2COC3=CC2C=C(CN2CCOCC2)C2=CC=CN(C)C32)C=CC1. The lowest BCUT2D eigenvalue weighted by Crippen LogP contribution is -2.41. The quantitative estimate of drug-likeness (QED) is 0.615. The fourth-order valence-electron chi connectivity index (χ4n) is 4.77. The van der Waals surface area contributed by atoms with Crippen LogP contribution >= 0.6 is 0 Å². The molecule has 0 spiro atoms. The van der Waals surface area contributed by atoms with Crippen LogP contribution in [0.4, 0.5) is 0 Å². The Balaban J connectivity index is 1.36. The second-order valence-corrected chi connectivity index (χ2v) is 8.82. The summed E-state index contributed by atoms with van der Waals surface area (Å²) in [6.45, 7) is 5.28. The molecule has 2 bridgehead atoms. The zero-order valence-corrected chi connectivity index (χ0v) is 19.5. The van der Waals surface area contributed by atoms with Gasteiger partial charge in [-0.1, -0.05) is 30.4 Å². The van der Waals surface area contributed by atoms with Crippen LogP contribution in [0.1, 0.15) is 6.42 Å². The van der Waals surface area contributed by atoms with Crippen molar-refractivity contribution in [3.63, 3.8) is 0 Å².